The lowest BCUT2D eigenvalue weighted by Crippen LogP contribution is -2.25. The number of aromatic nitrogens is 2. The fraction of sp³-hybridized carbons (Fsp3) is 0.333. The summed E-state index contributed by atoms with van der Waals surface area (Å²) in [6, 6.07) is 7.21. The monoisotopic (exact) mass is 351 g/mol. The van der Waals surface area contributed by atoms with Crippen molar-refractivity contribution in [2.45, 2.75) is 13.3 Å². The maximum Gasteiger partial charge on any atom is 0.325 e. The lowest BCUT2D eigenvalue weighted by molar-refractivity contribution is -0.117. The van der Waals surface area contributed by atoms with Crippen molar-refractivity contribution in [2.24, 2.45) is 5.92 Å². The highest BCUT2D eigenvalue weighted by Gasteiger charge is 2.34. The van der Waals surface area contributed by atoms with Crippen LogP contribution in [0.25, 0.3) is 11.5 Å². The SMILES string of the molecule is CC(=O)SCC1CC(=O)N(c2nnc(-c3ccc(Cl)cc3)o2)C1. The average molecular weight is 352 g/mol. The van der Waals surface area contributed by atoms with Crippen LogP contribution in [0.5, 0.6) is 0 Å². The van der Waals surface area contributed by atoms with Crippen LogP contribution < -0.4 is 4.90 Å². The third-order valence-corrected chi connectivity index (χ3v) is 4.76. The van der Waals surface area contributed by atoms with Crippen LogP contribution in [0.1, 0.15) is 13.3 Å². The Morgan fingerprint density at radius 3 is 2.83 bits per heavy atom. The molecule has 1 fully saturated rings. The third-order valence-electron chi connectivity index (χ3n) is 3.46. The maximum absolute atomic E-state index is 12.1. The molecular weight excluding hydrogens is 338 g/mol. The Balaban J connectivity index is 1.71. The normalized spacial score (nSPS) is 17.7. The van der Waals surface area contributed by atoms with Crippen LogP contribution in [0, 0.1) is 5.92 Å². The van der Waals surface area contributed by atoms with E-state index < -0.39 is 0 Å². The summed E-state index contributed by atoms with van der Waals surface area (Å²) in [5.74, 6) is 1.01. The van der Waals surface area contributed by atoms with Crippen LogP contribution in [0.3, 0.4) is 0 Å². The molecule has 1 aromatic heterocycles. The van der Waals surface area contributed by atoms with Crippen molar-refractivity contribution >= 4 is 40.4 Å². The second-order valence-corrected chi connectivity index (χ2v) is 6.91. The van der Waals surface area contributed by atoms with Crippen molar-refractivity contribution in [3.8, 4) is 11.5 Å². The van der Waals surface area contributed by atoms with Gasteiger partial charge in [-0.15, -0.1) is 5.10 Å². The highest BCUT2D eigenvalue weighted by molar-refractivity contribution is 8.13. The van der Waals surface area contributed by atoms with E-state index in [0.29, 0.717) is 29.6 Å². The van der Waals surface area contributed by atoms with E-state index in [4.69, 9.17) is 16.0 Å². The summed E-state index contributed by atoms with van der Waals surface area (Å²) in [6.07, 6.45) is 0.388. The van der Waals surface area contributed by atoms with Crippen LogP contribution in [0.15, 0.2) is 28.7 Å². The first-order valence-electron chi connectivity index (χ1n) is 7.06. The van der Waals surface area contributed by atoms with Crippen LogP contribution in [0.4, 0.5) is 6.01 Å². The van der Waals surface area contributed by atoms with Gasteiger partial charge in [-0.1, -0.05) is 28.5 Å². The first-order chi connectivity index (χ1) is 11.0. The Kier molecular flexibility index (Phi) is 4.68. The van der Waals surface area contributed by atoms with Crippen molar-refractivity contribution < 1.29 is 14.0 Å². The van der Waals surface area contributed by atoms with Gasteiger partial charge in [0.05, 0.1) is 0 Å². The quantitative estimate of drug-likeness (QED) is 0.842. The van der Waals surface area contributed by atoms with Gasteiger partial charge in [-0.2, -0.15) is 0 Å². The van der Waals surface area contributed by atoms with Crippen LogP contribution in [-0.2, 0) is 9.59 Å². The van der Waals surface area contributed by atoms with Gasteiger partial charge in [0.1, 0.15) is 0 Å². The highest BCUT2D eigenvalue weighted by atomic mass is 35.5. The van der Waals surface area contributed by atoms with Gasteiger partial charge in [0.15, 0.2) is 5.12 Å². The van der Waals surface area contributed by atoms with E-state index in [-0.39, 0.29) is 23.0 Å². The summed E-state index contributed by atoms with van der Waals surface area (Å²) in [6.45, 7) is 2.01. The van der Waals surface area contributed by atoms with E-state index >= 15 is 0 Å². The molecular formula is C15H14ClN3O3S. The smallest absolute Gasteiger partial charge is 0.325 e. The van der Waals surface area contributed by atoms with Crippen LogP contribution >= 0.6 is 23.4 Å². The fourth-order valence-corrected chi connectivity index (χ4v) is 3.17. The molecule has 0 N–H and O–H groups in total. The topological polar surface area (TPSA) is 76.3 Å². The largest absolute Gasteiger partial charge is 0.403 e. The molecule has 2 heterocycles. The molecule has 1 amide bonds. The summed E-state index contributed by atoms with van der Waals surface area (Å²) in [7, 11) is 0. The number of carbonyl (C=O) groups is 2. The van der Waals surface area contributed by atoms with E-state index in [9.17, 15) is 9.59 Å². The predicted octanol–water partition coefficient (Wildman–Crippen LogP) is 3.02. The number of amides is 1. The Labute approximate surface area is 142 Å². The summed E-state index contributed by atoms with van der Waals surface area (Å²) in [5.41, 5.74) is 0.739. The molecule has 0 bridgehead atoms. The Morgan fingerprint density at radius 1 is 1.39 bits per heavy atom. The number of nitrogens with zero attached hydrogens (tertiary/aromatic N) is 3. The molecule has 0 radical (unpaired) electrons. The first-order valence-corrected chi connectivity index (χ1v) is 8.42. The molecule has 1 atom stereocenters. The van der Waals surface area contributed by atoms with Crippen LogP contribution in [-0.4, -0.2) is 33.5 Å². The van der Waals surface area contributed by atoms with E-state index in [0.717, 1.165) is 5.56 Å². The number of anilines is 1. The van der Waals surface area contributed by atoms with E-state index in [1.807, 2.05) is 0 Å². The van der Waals surface area contributed by atoms with Crippen molar-refractivity contribution in [1.29, 1.82) is 0 Å². The number of thioether (sulfide) groups is 1. The molecule has 1 aromatic carbocycles. The second kappa shape index (κ2) is 6.72. The average Bonchev–Trinajstić information content (AvgIpc) is 3.12. The summed E-state index contributed by atoms with van der Waals surface area (Å²) in [4.78, 5) is 24.6. The molecule has 0 aliphatic carbocycles. The molecule has 120 valence electrons. The zero-order chi connectivity index (χ0) is 16.4. The Hall–Kier alpha value is -1.86. The number of benzene rings is 1. The maximum atomic E-state index is 12.1. The Bertz CT molecular complexity index is 732. The molecule has 3 rings (SSSR count). The lowest BCUT2D eigenvalue weighted by Gasteiger charge is -2.10. The van der Waals surface area contributed by atoms with Crippen molar-refractivity contribution in [1.82, 2.24) is 10.2 Å². The predicted molar refractivity (Wildman–Crippen MR) is 88.3 cm³/mol. The van der Waals surface area contributed by atoms with Gasteiger partial charge in [-0.25, -0.2) is 0 Å². The van der Waals surface area contributed by atoms with Gasteiger partial charge >= 0.3 is 6.01 Å². The minimum absolute atomic E-state index is 0.0544. The zero-order valence-electron chi connectivity index (χ0n) is 12.4. The first kappa shape index (κ1) is 16.0. The molecule has 23 heavy (non-hydrogen) atoms. The van der Waals surface area contributed by atoms with Gasteiger partial charge in [0.2, 0.25) is 11.8 Å². The third kappa shape index (κ3) is 3.73. The highest BCUT2D eigenvalue weighted by Crippen LogP contribution is 2.29. The zero-order valence-corrected chi connectivity index (χ0v) is 13.9. The molecule has 6 nitrogen and oxygen atoms in total. The molecule has 0 saturated carbocycles. The molecule has 1 aliphatic heterocycles. The fourth-order valence-electron chi connectivity index (χ4n) is 2.35. The number of rotatable bonds is 4. The molecule has 0 spiro atoms. The van der Waals surface area contributed by atoms with Gasteiger partial charge in [-0.05, 0) is 30.2 Å². The number of halogens is 1. The summed E-state index contributed by atoms with van der Waals surface area (Å²) in [5, 5.41) is 8.61. The van der Waals surface area contributed by atoms with Gasteiger partial charge in [0, 0.05) is 36.2 Å². The van der Waals surface area contributed by atoms with Crippen molar-refractivity contribution in [3.05, 3.63) is 29.3 Å². The van der Waals surface area contributed by atoms with E-state index in [2.05, 4.69) is 10.2 Å². The van der Waals surface area contributed by atoms with Gasteiger partial charge in [-0.3, -0.25) is 14.5 Å². The molecule has 1 unspecified atom stereocenters. The lowest BCUT2D eigenvalue weighted by atomic mass is 10.1. The van der Waals surface area contributed by atoms with E-state index in [1.165, 1.54) is 23.6 Å². The summed E-state index contributed by atoms with van der Waals surface area (Å²) < 4.78 is 5.60. The molecule has 1 saturated heterocycles. The molecule has 1 aliphatic rings. The molecule has 2 aromatic rings. The number of hydrogen-bond acceptors (Lipinski definition) is 6. The number of carbonyl (C=O) groups excluding carboxylic acids is 2. The van der Waals surface area contributed by atoms with Crippen molar-refractivity contribution in [3.63, 3.8) is 0 Å². The molecule has 8 heteroatoms. The standard InChI is InChI=1S/C15H14ClN3O3S/c1-9(20)23-8-10-6-13(21)19(7-10)15-18-17-14(22-15)11-2-4-12(16)5-3-11/h2-5,10H,6-8H2,1H3. The Morgan fingerprint density at radius 2 is 2.13 bits per heavy atom. The second-order valence-electron chi connectivity index (χ2n) is 5.27. The summed E-state index contributed by atoms with van der Waals surface area (Å²) >= 11 is 7.08. The van der Waals surface area contributed by atoms with Gasteiger partial charge < -0.3 is 4.42 Å². The minimum atomic E-state index is -0.0644. The van der Waals surface area contributed by atoms with Crippen LogP contribution in [0.2, 0.25) is 5.02 Å². The number of hydrogen-bond donors (Lipinski definition) is 0. The van der Waals surface area contributed by atoms with E-state index in [1.54, 1.807) is 24.3 Å². The van der Waals surface area contributed by atoms with Crippen molar-refractivity contribution in [2.75, 3.05) is 17.2 Å². The van der Waals surface area contributed by atoms with Gasteiger partial charge in [0.25, 0.3) is 0 Å². The minimum Gasteiger partial charge on any atom is -0.403 e.